The topological polar surface area (TPSA) is 62.7 Å². The fourth-order valence-corrected chi connectivity index (χ4v) is 3.74. The maximum Gasteiger partial charge on any atom is 0.254 e. The largest absolute Gasteiger partial charge is 0.381 e. The van der Waals surface area contributed by atoms with Crippen LogP contribution >= 0.6 is 0 Å². The van der Waals surface area contributed by atoms with Gasteiger partial charge in [0.15, 0.2) is 0 Å². The number of hydrogen-bond donors (Lipinski definition) is 2. The number of aromatic amines is 1. The van der Waals surface area contributed by atoms with Crippen LogP contribution in [0.3, 0.4) is 0 Å². The minimum absolute atomic E-state index is 0.101. The van der Waals surface area contributed by atoms with Crippen molar-refractivity contribution in [3.8, 4) is 5.69 Å². The minimum atomic E-state index is -0.159. The van der Waals surface area contributed by atoms with E-state index in [-0.39, 0.29) is 11.0 Å². The second-order valence-corrected chi connectivity index (χ2v) is 9.36. The molecule has 0 amide bonds. The SMILES string of the molecule is CC(C)c1ccc(NCc2cc3c(C(C)(C)C)nn(-c4ccccc4)c3[nH]c2=O)cc1. The number of rotatable bonds is 5. The Balaban J connectivity index is 1.72. The maximum absolute atomic E-state index is 12.9. The number of aromatic nitrogens is 3. The maximum atomic E-state index is 12.9. The number of nitrogens with one attached hydrogen (secondary N) is 2. The average molecular weight is 415 g/mol. The Morgan fingerprint density at radius 1 is 1.03 bits per heavy atom. The highest BCUT2D eigenvalue weighted by atomic mass is 16.1. The lowest BCUT2D eigenvalue weighted by Gasteiger charge is -2.15. The van der Waals surface area contributed by atoms with Gasteiger partial charge in [-0.1, -0.05) is 65.0 Å². The van der Waals surface area contributed by atoms with Crippen LogP contribution < -0.4 is 10.9 Å². The first-order chi connectivity index (χ1) is 14.7. The lowest BCUT2D eigenvalue weighted by Crippen LogP contribution is -2.17. The molecule has 0 unspecified atom stereocenters. The second-order valence-electron chi connectivity index (χ2n) is 9.36. The summed E-state index contributed by atoms with van der Waals surface area (Å²) in [6.45, 7) is 11.2. The van der Waals surface area contributed by atoms with E-state index in [4.69, 9.17) is 5.10 Å². The number of nitrogens with zero attached hydrogens (tertiary/aromatic N) is 2. The molecule has 31 heavy (non-hydrogen) atoms. The first-order valence-electron chi connectivity index (χ1n) is 10.8. The standard InChI is InChI=1S/C26H30N4O/c1-17(2)18-11-13-20(14-12-18)27-16-19-15-22-23(26(3,4)5)29-30(24(22)28-25(19)31)21-9-7-6-8-10-21/h6-15,17,27H,16H2,1-5H3,(H,28,31). The smallest absolute Gasteiger partial charge is 0.254 e. The van der Waals surface area contributed by atoms with Crippen molar-refractivity contribution < 1.29 is 0 Å². The average Bonchev–Trinajstić information content (AvgIpc) is 3.11. The van der Waals surface area contributed by atoms with Crippen molar-refractivity contribution in [2.75, 3.05) is 5.32 Å². The van der Waals surface area contributed by atoms with Gasteiger partial charge >= 0.3 is 0 Å². The molecule has 160 valence electrons. The molecule has 5 nitrogen and oxygen atoms in total. The third kappa shape index (κ3) is 4.26. The van der Waals surface area contributed by atoms with E-state index >= 15 is 0 Å². The number of fused-ring (bicyclic) bond motifs is 1. The van der Waals surface area contributed by atoms with Crippen molar-refractivity contribution in [3.63, 3.8) is 0 Å². The highest BCUT2D eigenvalue weighted by Crippen LogP contribution is 2.30. The fraction of sp³-hybridized carbons (Fsp3) is 0.308. The third-order valence-electron chi connectivity index (χ3n) is 5.54. The molecular formula is C26H30N4O. The summed E-state index contributed by atoms with van der Waals surface area (Å²) in [6, 6.07) is 20.3. The monoisotopic (exact) mass is 414 g/mol. The number of anilines is 1. The molecule has 0 saturated carbocycles. The van der Waals surface area contributed by atoms with Crippen LogP contribution in [0, 0.1) is 0 Å². The summed E-state index contributed by atoms with van der Waals surface area (Å²) in [6.07, 6.45) is 0. The number of para-hydroxylation sites is 1. The van der Waals surface area contributed by atoms with E-state index in [0.29, 0.717) is 18.0 Å². The van der Waals surface area contributed by atoms with E-state index in [0.717, 1.165) is 28.1 Å². The minimum Gasteiger partial charge on any atom is -0.381 e. The quantitative estimate of drug-likeness (QED) is 0.437. The predicted molar refractivity (Wildman–Crippen MR) is 128 cm³/mol. The molecule has 2 aromatic heterocycles. The predicted octanol–water partition coefficient (Wildman–Crippen LogP) is 5.75. The first-order valence-corrected chi connectivity index (χ1v) is 10.8. The molecule has 0 aliphatic rings. The molecule has 0 fully saturated rings. The summed E-state index contributed by atoms with van der Waals surface area (Å²) in [5, 5.41) is 9.24. The first kappa shape index (κ1) is 20.9. The lowest BCUT2D eigenvalue weighted by atomic mass is 9.90. The Morgan fingerprint density at radius 3 is 2.32 bits per heavy atom. The van der Waals surface area contributed by atoms with Gasteiger partial charge in [0.25, 0.3) is 5.56 Å². The van der Waals surface area contributed by atoms with E-state index in [1.165, 1.54) is 5.56 Å². The number of H-pyrrole nitrogens is 1. The summed E-state index contributed by atoms with van der Waals surface area (Å²) >= 11 is 0. The molecule has 2 N–H and O–H groups in total. The van der Waals surface area contributed by atoms with Gasteiger partial charge in [0.2, 0.25) is 0 Å². The van der Waals surface area contributed by atoms with Crippen LogP contribution in [0.15, 0.2) is 65.5 Å². The van der Waals surface area contributed by atoms with Crippen LogP contribution in [0.2, 0.25) is 0 Å². The van der Waals surface area contributed by atoms with Crippen molar-refractivity contribution >= 4 is 16.7 Å². The molecule has 4 rings (SSSR count). The highest BCUT2D eigenvalue weighted by molar-refractivity contribution is 5.81. The molecule has 0 aliphatic carbocycles. The molecule has 2 aromatic carbocycles. The molecule has 0 aliphatic heterocycles. The molecule has 2 heterocycles. The summed E-state index contributed by atoms with van der Waals surface area (Å²) < 4.78 is 1.83. The summed E-state index contributed by atoms with van der Waals surface area (Å²) in [7, 11) is 0. The van der Waals surface area contributed by atoms with E-state index in [1.807, 2.05) is 41.1 Å². The number of benzene rings is 2. The van der Waals surface area contributed by atoms with E-state index in [1.54, 1.807) is 0 Å². The van der Waals surface area contributed by atoms with Crippen LogP contribution in [0.5, 0.6) is 0 Å². The van der Waals surface area contributed by atoms with Gasteiger partial charge in [0, 0.05) is 28.6 Å². The van der Waals surface area contributed by atoms with Crippen molar-refractivity contribution in [2.45, 2.75) is 52.5 Å². The normalized spacial score (nSPS) is 11.9. The highest BCUT2D eigenvalue weighted by Gasteiger charge is 2.24. The molecule has 0 saturated heterocycles. The molecular weight excluding hydrogens is 384 g/mol. The Kier molecular flexibility index (Phi) is 5.44. The van der Waals surface area contributed by atoms with Gasteiger partial charge in [-0.25, -0.2) is 4.68 Å². The van der Waals surface area contributed by atoms with Crippen molar-refractivity contribution in [1.29, 1.82) is 0 Å². The van der Waals surface area contributed by atoms with Crippen LogP contribution in [-0.2, 0) is 12.0 Å². The fourth-order valence-electron chi connectivity index (χ4n) is 3.74. The van der Waals surface area contributed by atoms with Gasteiger partial charge in [0.05, 0.1) is 11.4 Å². The van der Waals surface area contributed by atoms with Crippen LogP contribution in [0.4, 0.5) is 5.69 Å². The van der Waals surface area contributed by atoms with Crippen LogP contribution in [0.25, 0.3) is 16.7 Å². The van der Waals surface area contributed by atoms with Crippen molar-refractivity contribution in [3.05, 3.63) is 87.8 Å². The Labute approximate surface area is 183 Å². The summed E-state index contributed by atoms with van der Waals surface area (Å²) in [5.41, 5.74) is 5.35. The number of pyridine rings is 1. The van der Waals surface area contributed by atoms with Crippen molar-refractivity contribution in [1.82, 2.24) is 14.8 Å². The number of hydrogen-bond acceptors (Lipinski definition) is 3. The molecule has 0 spiro atoms. The Morgan fingerprint density at radius 2 is 1.71 bits per heavy atom. The van der Waals surface area contributed by atoms with Crippen LogP contribution in [0.1, 0.15) is 57.4 Å². The molecule has 0 bridgehead atoms. The second kappa shape index (κ2) is 8.06. The van der Waals surface area contributed by atoms with E-state index in [2.05, 4.69) is 69.2 Å². The van der Waals surface area contributed by atoms with Gasteiger partial charge in [-0.2, -0.15) is 5.10 Å². The van der Waals surface area contributed by atoms with Gasteiger partial charge in [-0.3, -0.25) is 4.79 Å². The molecule has 4 aromatic rings. The third-order valence-corrected chi connectivity index (χ3v) is 5.54. The Hall–Kier alpha value is -3.34. The van der Waals surface area contributed by atoms with Gasteiger partial charge in [-0.05, 0) is 41.8 Å². The zero-order valence-corrected chi connectivity index (χ0v) is 18.9. The van der Waals surface area contributed by atoms with E-state index < -0.39 is 0 Å². The lowest BCUT2D eigenvalue weighted by molar-refractivity contribution is 0.565. The van der Waals surface area contributed by atoms with Crippen LogP contribution in [-0.4, -0.2) is 14.8 Å². The molecule has 5 heteroatoms. The zero-order valence-electron chi connectivity index (χ0n) is 18.9. The zero-order chi connectivity index (χ0) is 22.2. The van der Waals surface area contributed by atoms with Gasteiger partial charge in [-0.15, -0.1) is 0 Å². The van der Waals surface area contributed by atoms with Gasteiger partial charge in [0.1, 0.15) is 5.65 Å². The molecule has 0 radical (unpaired) electrons. The summed E-state index contributed by atoms with van der Waals surface area (Å²) in [5.74, 6) is 0.497. The van der Waals surface area contributed by atoms with E-state index in [9.17, 15) is 4.79 Å². The van der Waals surface area contributed by atoms with Crippen molar-refractivity contribution in [2.24, 2.45) is 0 Å². The Bertz CT molecular complexity index is 1240. The summed E-state index contributed by atoms with van der Waals surface area (Å²) in [4.78, 5) is 16.0. The molecule has 0 atom stereocenters. The van der Waals surface area contributed by atoms with Gasteiger partial charge < -0.3 is 10.3 Å².